The highest BCUT2D eigenvalue weighted by Crippen LogP contribution is 2.32. The van der Waals surface area contributed by atoms with Gasteiger partial charge in [0.25, 0.3) is 0 Å². The number of carbonyl (C=O) groups is 1. The van der Waals surface area contributed by atoms with E-state index in [-0.39, 0.29) is 5.91 Å². The van der Waals surface area contributed by atoms with Crippen molar-refractivity contribution in [2.24, 2.45) is 0 Å². The minimum Gasteiger partial charge on any atom is -0.368 e. The molecule has 1 saturated heterocycles. The van der Waals surface area contributed by atoms with E-state index in [2.05, 4.69) is 10.2 Å². The lowest BCUT2D eigenvalue weighted by Gasteiger charge is -2.37. The van der Waals surface area contributed by atoms with Crippen molar-refractivity contribution in [3.63, 3.8) is 0 Å². The number of benzene rings is 1. The van der Waals surface area contributed by atoms with Gasteiger partial charge in [-0.2, -0.15) is 18.3 Å². The van der Waals surface area contributed by atoms with Crippen LogP contribution in [0.2, 0.25) is 0 Å². The SMILES string of the molecule is CC(C(=O)N1CCN(c2cccc(C(F)(F)F)c2)CC1)n1c(-c2cccs2)n[nH]c1=S. The van der Waals surface area contributed by atoms with Gasteiger partial charge in [-0.3, -0.25) is 14.5 Å². The van der Waals surface area contributed by atoms with Crippen LogP contribution >= 0.6 is 23.6 Å². The topological polar surface area (TPSA) is 57.2 Å². The van der Waals surface area contributed by atoms with Crippen LogP contribution in [0.4, 0.5) is 18.9 Å². The molecule has 3 aromatic rings. The van der Waals surface area contributed by atoms with Crippen molar-refractivity contribution in [2.75, 3.05) is 31.1 Å². The number of anilines is 1. The number of piperazine rings is 1. The predicted molar refractivity (Wildman–Crippen MR) is 116 cm³/mol. The van der Waals surface area contributed by atoms with E-state index in [1.807, 2.05) is 22.4 Å². The summed E-state index contributed by atoms with van der Waals surface area (Å²) in [7, 11) is 0. The van der Waals surface area contributed by atoms with Crippen molar-refractivity contribution in [3.8, 4) is 10.7 Å². The summed E-state index contributed by atoms with van der Waals surface area (Å²) in [6.45, 7) is 3.52. The van der Waals surface area contributed by atoms with Crippen LogP contribution in [-0.4, -0.2) is 51.8 Å². The summed E-state index contributed by atoms with van der Waals surface area (Å²) in [5.74, 6) is 0.516. The Balaban J connectivity index is 1.46. The number of nitrogens with one attached hydrogen (secondary N) is 1. The molecular weight excluding hydrogens is 447 g/mol. The van der Waals surface area contributed by atoms with E-state index in [0.29, 0.717) is 42.5 Å². The first-order chi connectivity index (χ1) is 14.8. The van der Waals surface area contributed by atoms with Gasteiger partial charge in [0, 0.05) is 31.9 Å². The zero-order valence-corrected chi connectivity index (χ0v) is 18.2. The van der Waals surface area contributed by atoms with Gasteiger partial charge in [0.05, 0.1) is 10.4 Å². The molecular formula is C20H20F3N5OS2. The number of amides is 1. The van der Waals surface area contributed by atoms with Gasteiger partial charge in [-0.15, -0.1) is 11.3 Å². The molecule has 1 unspecified atom stereocenters. The first-order valence-corrected chi connectivity index (χ1v) is 11.0. The van der Waals surface area contributed by atoms with Crippen molar-refractivity contribution in [1.29, 1.82) is 0 Å². The first kappa shape index (κ1) is 21.6. The third-order valence-electron chi connectivity index (χ3n) is 5.32. The second kappa shape index (κ2) is 8.46. The Morgan fingerprint density at radius 2 is 1.94 bits per heavy atom. The summed E-state index contributed by atoms with van der Waals surface area (Å²) in [4.78, 5) is 17.6. The van der Waals surface area contributed by atoms with Crippen molar-refractivity contribution < 1.29 is 18.0 Å². The zero-order chi connectivity index (χ0) is 22.2. The molecule has 6 nitrogen and oxygen atoms in total. The highest BCUT2D eigenvalue weighted by molar-refractivity contribution is 7.71. The number of alkyl halides is 3. The molecule has 1 amide bonds. The molecule has 0 bridgehead atoms. The predicted octanol–water partition coefficient (Wildman–Crippen LogP) is 4.60. The van der Waals surface area contributed by atoms with Crippen LogP contribution < -0.4 is 4.90 Å². The van der Waals surface area contributed by atoms with Gasteiger partial charge in [0.15, 0.2) is 10.6 Å². The molecule has 31 heavy (non-hydrogen) atoms. The molecule has 1 fully saturated rings. The standard InChI is InChI=1S/C20H20F3N5OS2/c1-13(28-17(24-25-19(28)30)16-6-3-11-31-16)18(29)27-9-7-26(8-10-27)15-5-2-4-14(12-15)20(21,22)23/h2-6,11-13H,7-10H2,1H3,(H,25,30). The molecule has 11 heteroatoms. The van der Waals surface area contributed by atoms with Gasteiger partial charge < -0.3 is 9.80 Å². The van der Waals surface area contributed by atoms with Crippen LogP contribution in [0.1, 0.15) is 18.5 Å². The number of H-pyrrole nitrogens is 1. The lowest BCUT2D eigenvalue weighted by atomic mass is 10.1. The molecule has 4 rings (SSSR count). The number of halogens is 3. The Bertz CT molecular complexity index is 1110. The lowest BCUT2D eigenvalue weighted by molar-refractivity contribution is -0.137. The zero-order valence-electron chi connectivity index (χ0n) is 16.6. The van der Waals surface area contributed by atoms with E-state index < -0.39 is 17.8 Å². The lowest BCUT2D eigenvalue weighted by Crippen LogP contribution is -2.50. The molecule has 0 aliphatic carbocycles. The van der Waals surface area contributed by atoms with Crippen molar-refractivity contribution in [2.45, 2.75) is 19.1 Å². The summed E-state index contributed by atoms with van der Waals surface area (Å²) in [6, 6.07) is 8.54. The monoisotopic (exact) mass is 467 g/mol. The second-order valence-electron chi connectivity index (χ2n) is 7.24. The van der Waals surface area contributed by atoms with Gasteiger partial charge in [0.1, 0.15) is 6.04 Å². The van der Waals surface area contributed by atoms with Crippen LogP contribution in [0.25, 0.3) is 10.7 Å². The molecule has 2 aromatic heterocycles. The maximum absolute atomic E-state index is 13.2. The Hall–Kier alpha value is -2.66. The van der Waals surface area contributed by atoms with Crippen LogP contribution in [-0.2, 0) is 11.0 Å². The number of carbonyl (C=O) groups excluding carboxylic acids is 1. The molecule has 0 spiro atoms. The van der Waals surface area contributed by atoms with Crippen molar-refractivity contribution in [3.05, 3.63) is 52.1 Å². The second-order valence-corrected chi connectivity index (χ2v) is 8.57. The van der Waals surface area contributed by atoms with Crippen LogP contribution in [0.5, 0.6) is 0 Å². The minimum absolute atomic E-state index is 0.0981. The molecule has 1 aromatic carbocycles. The average Bonchev–Trinajstić information content (AvgIpc) is 3.42. The number of hydrogen-bond donors (Lipinski definition) is 1. The molecule has 1 atom stereocenters. The summed E-state index contributed by atoms with van der Waals surface area (Å²) in [5.41, 5.74) is -0.167. The number of rotatable bonds is 4. The first-order valence-electron chi connectivity index (χ1n) is 9.67. The Morgan fingerprint density at radius 3 is 2.58 bits per heavy atom. The number of nitrogens with zero attached hydrogens (tertiary/aromatic N) is 4. The molecule has 1 aliphatic rings. The number of aromatic nitrogens is 3. The van der Waals surface area contributed by atoms with Crippen LogP contribution in [0.3, 0.4) is 0 Å². The van der Waals surface area contributed by atoms with Crippen LogP contribution in [0.15, 0.2) is 41.8 Å². The number of hydrogen-bond acceptors (Lipinski definition) is 5. The van der Waals surface area contributed by atoms with Crippen molar-refractivity contribution >= 4 is 35.1 Å². The normalized spacial score (nSPS) is 15.9. The van der Waals surface area contributed by atoms with Gasteiger partial charge in [-0.05, 0) is 48.8 Å². The Kier molecular flexibility index (Phi) is 5.89. The smallest absolute Gasteiger partial charge is 0.368 e. The van der Waals surface area contributed by atoms with E-state index in [1.54, 1.807) is 22.5 Å². The molecule has 164 valence electrons. The number of aromatic amines is 1. The van der Waals surface area contributed by atoms with E-state index >= 15 is 0 Å². The fraction of sp³-hybridized carbons (Fsp3) is 0.350. The summed E-state index contributed by atoms with van der Waals surface area (Å²) < 4.78 is 41.1. The van der Waals surface area contributed by atoms with E-state index in [9.17, 15) is 18.0 Å². The summed E-state index contributed by atoms with van der Waals surface area (Å²) in [6.07, 6.45) is -4.38. The van der Waals surface area contributed by atoms with E-state index in [1.165, 1.54) is 17.4 Å². The summed E-state index contributed by atoms with van der Waals surface area (Å²) >= 11 is 6.85. The maximum atomic E-state index is 13.2. The molecule has 1 N–H and O–H groups in total. The fourth-order valence-corrected chi connectivity index (χ4v) is 4.68. The largest absolute Gasteiger partial charge is 0.416 e. The minimum atomic E-state index is -4.38. The summed E-state index contributed by atoms with van der Waals surface area (Å²) in [5, 5.41) is 8.96. The third kappa shape index (κ3) is 4.38. The average molecular weight is 468 g/mol. The fourth-order valence-electron chi connectivity index (χ4n) is 3.68. The quantitative estimate of drug-likeness (QED) is 0.570. The highest BCUT2D eigenvalue weighted by Gasteiger charge is 2.32. The Morgan fingerprint density at radius 1 is 1.19 bits per heavy atom. The van der Waals surface area contributed by atoms with Crippen LogP contribution in [0, 0.1) is 4.77 Å². The third-order valence-corrected chi connectivity index (χ3v) is 6.47. The Labute approximate surface area is 185 Å². The molecule has 1 aliphatic heterocycles. The molecule has 3 heterocycles. The van der Waals surface area contributed by atoms with E-state index in [0.717, 1.165) is 17.0 Å². The highest BCUT2D eigenvalue weighted by atomic mass is 32.1. The van der Waals surface area contributed by atoms with Gasteiger partial charge in [0.2, 0.25) is 5.91 Å². The van der Waals surface area contributed by atoms with Gasteiger partial charge in [-0.25, -0.2) is 0 Å². The number of thiophene rings is 1. The molecule has 0 saturated carbocycles. The van der Waals surface area contributed by atoms with Gasteiger partial charge >= 0.3 is 6.18 Å². The van der Waals surface area contributed by atoms with Crippen molar-refractivity contribution in [1.82, 2.24) is 19.7 Å². The van der Waals surface area contributed by atoms with Gasteiger partial charge in [-0.1, -0.05) is 12.1 Å². The van der Waals surface area contributed by atoms with E-state index in [4.69, 9.17) is 12.2 Å². The molecule has 0 radical (unpaired) electrons. The maximum Gasteiger partial charge on any atom is 0.416 e.